The van der Waals surface area contributed by atoms with Crippen LogP contribution in [-0.2, 0) is 6.54 Å². The number of rotatable bonds is 5. The van der Waals surface area contributed by atoms with E-state index in [0.717, 1.165) is 43.6 Å². The molecule has 2 fully saturated rings. The summed E-state index contributed by atoms with van der Waals surface area (Å²) in [5.41, 5.74) is -0.534. The molecule has 0 bridgehead atoms. The van der Waals surface area contributed by atoms with Gasteiger partial charge in [-0.1, -0.05) is 0 Å². The van der Waals surface area contributed by atoms with Gasteiger partial charge in [-0.15, -0.1) is 10.2 Å². The summed E-state index contributed by atoms with van der Waals surface area (Å²) in [6.45, 7) is 0.0630. The van der Waals surface area contributed by atoms with Crippen LogP contribution in [0.5, 0.6) is 0 Å². The largest absolute Gasteiger partial charge is 0.345 e. The van der Waals surface area contributed by atoms with Crippen molar-refractivity contribution < 1.29 is 18.0 Å². The Morgan fingerprint density at radius 2 is 1.88 bits per heavy atom. The van der Waals surface area contributed by atoms with Gasteiger partial charge in [-0.05, 0) is 37.8 Å². The third-order valence-electron chi connectivity index (χ3n) is 4.33. The number of halogens is 3. The first-order chi connectivity index (χ1) is 11.6. The zero-order valence-corrected chi connectivity index (χ0v) is 12.7. The molecule has 24 heavy (non-hydrogen) atoms. The van der Waals surface area contributed by atoms with Crippen LogP contribution >= 0.6 is 0 Å². The van der Waals surface area contributed by atoms with Crippen molar-refractivity contribution in [1.29, 1.82) is 0 Å². The van der Waals surface area contributed by atoms with Gasteiger partial charge in [0.2, 0.25) is 0 Å². The fourth-order valence-corrected chi connectivity index (χ4v) is 2.76. The molecular formula is C16H15F3N4O. The Balaban J connectivity index is 1.51. The van der Waals surface area contributed by atoms with Gasteiger partial charge in [-0.3, -0.25) is 4.79 Å². The van der Waals surface area contributed by atoms with E-state index in [0.29, 0.717) is 17.8 Å². The van der Waals surface area contributed by atoms with Crippen molar-refractivity contribution in [3.63, 3.8) is 0 Å². The minimum absolute atomic E-state index is 0.0630. The number of amides is 1. The van der Waals surface area contributed by atoms with Crippen LogP contribution < -0.4 is 5.32 Å². The molecular weight excluding hydrogens is 321 g/mol. The third kappa shape index (κ3) is 2.65. The lowest BCUT2D eigenvalue weighted by Gasteiger charge is -2.10. The number of carbonyl (C=O) groups is 1. The van der Waals surface area contributed by atoms with Gasteiger partial charge in [0.05, 0.1) is 12.1 Å². The van der Waals surface area contributed by atoms with E-state index in [1.165, 1.54) is 0 Å². The first kappa shape index (κ1) is 15.2. The second-order valence-electron chi connectivity index (χ2n) is 6.26. The smallest absolute Gasteiger partial charge is 0.254 e. The maximum atomic E-state index is 13.7. The first-order valence-electron chi connectivity index (χ1n) is 7.91. The fourth-order valence-electron chi connectivity index (χ4n) is 2.76. The van der Waals surface area contributed by atoms with E-state index in [9.17, 15) is 18.0 Å². The van der Waals surface area contributed by atoms with Crippen molar-refractivity contribution in [2.45, 2.75) is 44.2 Å². The molecule has 2 aliphatic rings. The molecule has 0 spiro atoms. The zero-order chi connectivity index (χ0) is 16.8. The van der Waals surface area contributed by atoms with Crippen LogP contribution in [0.3, 0.4) is 0 Å². The highest BCUT2D eigenvalue weighted by molar-refractivity contribution is 5.94. The van der Waals surface area contributed by atoms with E-state index in [1.54, 1.807) is 0 Å². The SMILES string of the molecule is O=C(NCc1nnc(C2CC2)n1C1CC1)c1ccc(F)c(F)c1F. The van der Waals surface area contributed by atoms with E-state index in [-0.39, 0.29) is 6.54 Å². The van der Waals surface area contributed by atoms with E-state index in [4.69, 9.17) is 0 Å². The van der Waals surface area contributed by atoms with Gasteiger partial charge in [0.15, 0.2) is 23.3 Å². The standard InChI is InChI=1S/C16H15F3N4O/c17-11-6-5-10(13(18)14(11)19)16(24)20-7-12-21-22-15(8-1-2-8)23(12)9-3-4-9/h5-6,8-9H,1-4,7H2,(H,20,24). The molecule has 2 aromatic rings. The molecule has 1 aromatic carbocycles. The van der Waals surface area contributed by atoms with Gasteiger partial charge < -0.3 is 9.88 Å². The quantitative estimate of drug-likeness (QED) is 0.854. The van der Waals surface area contributed by atoms with Crippen molar-refractivity contribution in [1.82, 2.24) is 20.1 Å². The lowest BCUT2D eigenvalue weighted by molar-refractivity contribution is 0.0944. The van der Waals surface area contributed by atoms with Gasteiger partial charge in [-0.2, -0.15) is 0 Å². The summed E-state index contributed by atoms with van der Waals surface area (Å²) in [6.07, 6.45) is 4.29. The second-order valence-corrected chi connectivity index (χ2v) is 6.26. The molecule has 1 amide bonds. The van der Waals surface area contributed by atoms with E-state index >= 15 is 0 Å². The molecule has 1 heterocycles. The molecule has 0 unspecified atom stereocenters. The Morgan fingerprint density at radius 1 is 1.12 bits per heavy atom. The van der Waals surface area contributed by atoms with Crippen molar-refractivity contribution in [2.75, 3.05) is 0 Å². The Bertz CT molecular complexity index is 812. The highest BCUT2D eigenvalue weighted by Gasteiger charge is 2.36. The number of nitrogens with one attached hydrogen (secondary N) is 1. The van der Waals surface area contributed by atoms with E-state index in [2.05, 4.69) is 20.1 Å². The molecule has 126 valence electrons. The summed E-state index contributed by atoms with van der Waals surface area (Å²) in [7, 11) is 0. The van der Waals surface area contributed by atoms with Crippen LogP contribution in [0.4, 0.5) is 13.2 Å². The van der Waals surface area contributed by atoms with Crippen LogP contribution in [0.1, 0.15) is 59.6 Å². The predicted molar refractivity (Wildman–Crippen MR) is 77.8 cm³/mol. The van der Waals surface area contributed by atoms with Crippen LogP contribution in [-0.4, -0.2) is 20.7 Å². The molecule has 2 aliphatic carbocycles. The second kappa shape index (κ2) is 5.61. The summed E-state index contributed by atoms with van der Waals surface area (Å²) in [4.78, 5) is 12.1. The molecule has 4 rings (SSSR count). The number of hydrogen-bond donors (Lipinski definition) is 1. The van der Waals surface area contributed by atoms with Crippen molar-refractivity contribution >= 4 is 5.91 Å². The maximum Gasteiger partial charge on any atom is 0.254 e. The van der Waals surface area contributed by atoms with Gasteiger partial charge in [-0.25, -0.2) is 13.2 Å². The monoisotopic (exact) mass is 336 g/mol. The van der Waals surface area contributed by atoms with Gasteiger partial charge >= 0.3 is 0 Å². The molecule has 0 atom stereocenters. The number of nitrogens with zero attached hydrogens (tertiary/aromatic N) is 3. The summed E-state index contributed by atoms with van der Waals surface area (Å²) < 4.78 is 41.9. The zero-order valence-electron chi connectivity index (χ0n) is 12.7. The summed E-state index contributed by atoms with van der Waals surface area (Å²) in [6, 6.07) is 2.01. The van der Waals surface area contributed by atoms with Gasteiger partial charge in [0.25, 0.3) is 5.91 Å². The van der Waals surface area contributed by atoms with Crippen LogP contribution in [0, 0.1) is 17.5 Å². The Morgan fingerprint density at radius 3 is 2.54 bits per heavy atom. The van der Waals surface area contributed by atoms with Crippen molar-refractivity contribution in [3.05, 3.63) is 46.8 Å². The lowest BCUT2D eigenvalue weighted by Crippen LogP contribution is -2.26. The molecule has 0 saturated heterocycles. The van der Waals surface area contributed by atoms with Crippen molar-refractivity contribution in [2.24, 2.45) is 0 Å². The number of aromatic nitrogens is 3. The average molecular weight is 336 g/mol. The molecule has 1 N–H and O–H groups in total. The average Bonchev–Trinajstić information content (AvgIpc) is 3.49. The Hall–Kier alpha value is -2.38. The minimum Gasteiger partial charge on any atom is -0.345 e. The molecule has 0 radical (unpaired) electrons. The Kier molecular flexibility index (Phi) is 3.54. The highest BCUT2D eigenvalue weighted by atomic mass is 19.2. The number of hydrogen-bond acceptors (Lipinski definition) is 3. The van der Waals surface area contributed by atoms with Gasteiger partial charge in [0, 0.05) is 12.0 Å². The molecule has 8 heteroatoms. The van der Waals surface area contributed by atoms with E-state index in [1.807, 2.05) is 0 Å². The molecule has 0 aliphatic heterocycles. The number of benzene rings is 1. The van der Waals surface area contributed by atoms with Crippen LogP contribution in [0.25, 0.3) is 0 Å². The van der Waals surface area contributed by atoms with Crippen LogP contribution in [0.2, 0.25) is 0 Å². The normalized spacial score (nSPS) is 17.1. The molecule has 5 nitrogen and oxygen atoms in total. The lowest BCUT2D eigenvalue weighted by atomic mass is 10.2. The summed E-state index contributed by atoms with van der Waals surface area (Å²) in [5, 5.41) is 10.8. The topological polar surface area (TPSA) is 59.8 Å². The summed E-state index contributed by atoms with van der Waals surface area (Å²) in [5.74, 6) is -3.30. The first-order valence-corrected chi connectivity index (χ1v) is 7.91. The summed E-state index contributed by atoms with van der Waals surface area (Å²) >= 11 is 0. The number of carbonyl (C=O) groups excluding carboxylic acids is 1. The minimum atomic E-state index is -1.65. The fraction of sp³-hybridized carbons (Fsp3) is 0.438. The predicted octanol–water partition coefficient (Wildman–Crippen LogP) is 2.84. The Labute approximate surface area is 135 Å². The van der Waals surface area contributed by atoms with E-state index < -0.39 is 28.9 Å². The van der Waals surface area contributed by atoms with Crippen molar-refractivity contribution in [3.8, 4) is 0 Å². The maximum absolute atomic E-state index is 13.7. The molecule has 1 aromatic heterocycles. The highest BCUT2D eigenvalue weighted by Crippen LogP contribution is 2.44. The third-order valence-corrected chi connectivity index (χ3v) is 4.33. The molecule has 2 saturated carbocycles. The van der Waals surface area contributed by atoms with Gasteiger partial charge in [0.1, 0.15) is 5.82 Å². The van der Waals surface area contributed by atoms with Crippen LogP contribution in [0.15, 0.2) is 12.1 Å².